The lowest BCUT2D eigenvalue weighted by Gasteiger charge is -2.10. The van der Waals surface area contributed by atoms with Gasteiger partial charge in [0.2, 0.25) is 5.13 Å². The van der Waals surface area contributed by atoms with E-state index < -0.39 is 15.9 Å². The van der Waals surface area contributed by atoms with Gasteiger partial charge in [-0.3, -0.25) is 19.6 Å². The number of hydrogen-bond acceptors (Lipinski definition) is 7. The molecule has 0 saturated heterocycles. The van der Waals surface area contributed by atoms with Crippen LogP contribution in [0.4, 0.5) is 10.8 Å². The van der Waals surface area contributed by atoms with E-state index in [9.17, 15) is 18.0 Å². The van der Waals surface area contributed by atoms with E-state index in [-0.39, 0.29) is 26.5 Å². The summed E-state index contributed by atoms with van der Waals surface area (Å²) in [5.41, 5.74) is 2.16. The van der Waals surface area contributed by atoms with Crippen LogP contribution in [0, 0.1) is 6.92 Å². The second-order valence-corrected chi connectivity index (χ2v) is 9.87. The quantitative estimate of drug-likeness (QED) is 0.305. The van der Waals surface area contributed by atoms with Crippen LogP contribution in [0.15, 0.2) is 83.2 Å². The van der Waals surface area contributed by atoms with Gasteiger partial charge < -0.3 is 0 Å². The molecule has 0 fully saturated rings. The van der Waals surface area contributed by atoms with Crippen molar-refractivity contribution >= 4 is 43.9 Å². The summed E-state index contributed by atoms with van der Waals surface area (Å²) in [6.45, 7) is 1.90. The molecule has 4 rings (SSSR count). The topological polar surface area (TPSA) is 118 Å². The van der Waals surface area contributed by atoms with Crippen LogP contribution < -0.4 is 10.0 Å². The van der Waals surface area contributed by atoms with Crippen molar-refractivity contribution in [2.24, 2.45) is 0 Å². The van der Waals surface area contributed by atoms with Crippen LogP contribution in [0.5, 0.6) is 0 Å². The third-order valence-corrected chi connectivity index (χ3v) is 7.19. The van der Waals surface area contributed by atoms with E-state index in [0.717, 1.165) is 5.56 Å². The van der Waals surface area contributed by atoms with Crippen molar-refractivity contribution < 1.29 is 18.0 Å². The molecule has 8 nitrogen and oxygen atoms in total. The van der Waals surface area contributed by atoms with E-state index in [1.54, 1.807) is 72.8 Å². The van der Waals surface area contributed by atoms with Crippen molar-refractivity contribution in [2.45, 2.75) is 11.3 Å². The molecule has 1 aromatic heterocycles. The summed E-state index contributed by atoms with van der Waals surface area (Å²) in [7, 11) is -4.15. The zero-order valence-electron chi connectivity index (χ0n) is 17.3. The molecule has 3 aromatic carbocycles. The molecule has 0 atom stereocenters. The molecular formula is C23H18N4O4S2. The lowest BCUT2D eigenvalue weighted by atomic mass is 10.0. The fraction of sp³-hybridized carbons (Fsp3) is 0.0435. The second kappa shape index (κ2) is 9.31. The van der Waals surface area contributed by atoms with Gasteiger partial charge in [0.05, 0.1) is 5.69 Å². The molecule has 10 heteroatoms. The third-order valence-electron chi connectivity index (χ3n) is 4.62. The maximum Gasteiger partial charge on any atom is 0.291 e. The standard InChI is InChI=1S/C23H18N4O4S2/c1-15-11-13-17(14-12-15)21(29)24-22-25-26-23(32-22)33(30,31)27-19-10-6-5-9-18(19)20(28)16-7-3-2-4-8-16/h2-14,27H,1H3,(H,24,25,29). The van der Waals surface area contributed by atoms with Crippen molar-refractivity contribution in [3.8, 4) is 0 Å². The summed E-state index contributed by atoms with van der Waals surface area (Å²) < 4.78 is 27.8. The number of ketones is 1. The van der Waals surface area contributed by atoms with E-state index in [1.165, 1.54) is 6.07 Å². The van der Waals surface area contributed by atoms with E-state index in [2.05, 4.69) is 20.2 Å². The number of aryl methyl sites for hydroxylation is 1. The molecule has 1 amide bonds. The highest BCUT2D eigenvalue weighted by Gasteiger charge is 2.24. The average Bonchev–Trinajstić information content (AvgIpc) is 3.29. The van der Waals surface area contributed by atoms with Gasteiger partial charge in [-0.15, -0.1) is 10.2 Å². The summed E-state index contributed by atoms with van der Waals surface area (Å²) in [5, 5.41) is 10.0. The normalized spacial score (nSPS) is 11.1. The molecule has 166 valence electrons. The minimum absolute atomic E-state index is 0.0367. The van der Waals surface area contributed by atoms with E-state index in [1.807, 2.05) is 6.92 Å². The Morgan fingerprint density at radius 2 is 1.48 bits per heavy atom. The monoisotopic (exact) mass is 478 g/mol. The Balaban J connectivity index is 1.54. The summed E-state index contributed by atoms with van der Waals surface area (Å²) in [6, 6.07) is 21.8. The van der Waals surface area contributed by atoms with Gasteiger partial charge in [-0.05, 0) is 31.2 Å². The van der Waals surface area contributed by atoms with Gasteiger partial charge in [-0.25, -0.2) is 0 Å². The van der Waals surface area contributed by atoms with Crippen molar-refractivity contribution in [3.63, 3.8) is 0 Å². The lowest BCUT2D eigenvalue weighted by molar-refractivity contribution is 0.102. The highest BCUT2D eigenvalue weighted by atomic mass is 32.2. The maximum absolute atomic E-state index is 12.9. The highest BCUT2D eigenvalue weighted by molar-refractivity contribution is 7.94. The van der Waals surface area contributed by atoms with Gasteiger partial charge in [0.1, 0.15) is 0 Å². The summed E-state index contributed by atoms with van der Waals surface area (Å²) in [4.78, 5) is 25.2. The Bertz CT molecular complexity index is 1420. The van der Waals surface area contributed by atoms with Gasteiger partial charge in [0, 0.05) is 16.7 Å². The SMILES string of the molecule is Cc1ccc(C(=O)Nc2nnc(S(=O)(=O)Nc3ccccc3C(=O)c3ccccc3)s2)cc1. The van der Waals surface area contributed by atoms with Gasteiger partial charge in [-0.1, -0.05) is 71.5 Å². The number of nitrogens with one attached hydrogen (secondary N) is 2. The summed E-state index contributed by atoms with van der Waals surface area (Å²) in [6.07, 6.45) is 0. The molecule has 33 heavy (non-hydrogen) atoms. The van der Waals surface area contributed by atoms with Crippen LogP contribution in [0.2, 0.25) is 0 Å². The summed E-state index contributed by atoms with van der Waals surface area (Å²) in [5.74, 6) is -0.751. The smallest absolute Gasteiger partial charge is 0.291 e. The number of nitrogens with zero attached hydrogens (tertiary/aromatic N) is 2. The van der Waals surface area contributed by atoms with Crippen molar-refractivity contribution in [2.75, 3.05) is 10.0 Å². The third kappa shape index (κ3) is 5.13. The minimum atomic E-state index is -4.15. The van der Waals surface area contributed by atoms with Crippen molar-refractivity contribution in [1.82, 2.24) is 10.2 Å². The molecule has 0 unspecified atom stereocenters. The predicted octanol–water partition coefficient (Wildman–Crippen LogP) is 4.13. The molecule has 0 aliphatic heterocycles. The number of rotatable bonds is 7. The van der Waals surface area contributed by atoms with E-state index >= 15 is 0 Å². The minimum Gasteiger partial charge on any atom is -0.296 e. The fourth-order valence-corrected chi connectivity index (χ4v) is 4.92. The Kier molecular flexibility index (Phi) is 6.29. The first kappa shape index (κ1) is 22.3. The molecule has 1 heterocycles. The number of anilines is 2. The van der Waals surface area contributed by atoms with Crippen LogP contribution in [-0.4, -0.2) is 30.3 Å². The zero-order valence-corrected chi connectivity index (χ0v) is 19.0. The van der Waals surface area contributed by atoms with Crippen LogP contribution in [0.25, 0.3) is 0 Å². The van der Waals surface area contributed by atoms with Gasteiger partial charge in [-0.2, -0.15) is 8.42 Å². The fourth-order valence-electron chi connectivity index (χ4n) is 2.95. The zero-order chi connectivity index (χ0) is 23.4. The second-order valence-electron chi connectivity index (χ2n) is 7.04. The molecule has 0 saturated carbocycles. The lowest BCUT2D eigenvalue weighted by Crippen LogP contribution is -2.15. The first-order valence-electron chi connectivity index (χ1n) is 9.76. The first-order chi connectivity index (χ1) is 15.8. The number of carbonyl (C=O) groups is 2. The van der Waals surface area contributed by atoms with Crippen LogP contribution in [0.1, 0.15) is 31.8 Å². The molecule has 0 spiro atoms. The number of amides is 1. The largest absolute Gasteiger partial charge is 0.296 e. The summed E-state index contributed by atoms with van der Waals surface area (Å²) >= 11 is 0.706. The van der Waals surface area contributed by atoms with Gasteiger partial charge >= 0.3 is 0 Å². The number of hydrogen-bond donors (Lipinski definition) is 2. The predicted molar refractivity (Wildman–Crippen MR) is 126 cm³/mol. The molecule has 0 bridgehead atoms. The molecule has 0 aliphatic rings. The van der Waals surface area contributed by atoms with Crippen molar-refractivity contribution in [1.29, 1.82) is 0 Å². The van der Waals surface area contributed by atoms with Gasteiger partial charge in [0.15, 0.2) is 5.78 Å². The Labute approximate surface area is 194 Å². The molecular weight excluding hydrogens is 460 g/mol. The van der Waals surface area contributed by atoms with Crippen LogP contribution >= 0.6 is 11.3 Å². The number of benzene rings is 3. The van der Waals surface area contributed by atoms with Crippen LogP contribution in [0.3, 0.4) is 0 Å². The average molecular weight is 479 g/mol. The van der Waals surface area contributed by atoms with E-state index in [4.69, 9.17) is 0 Å². The highest BCUT2D eigenvalue weighted by Crippen LogP contribution is 2.26. The Morgan fingerprint density at radius 1 is 0.818 bits per heavy atom. The number of carbonyl (C=O) groups excluding carboxylic acids is 2. The van der Waals surface area contributed by atoms with Gasteiger partial charge in [0.25, 0.3) is 20.3 Å². The number of aromatic nitrogens is 2. The maximum atomic E-state index is 12.9. The van der Waals surface area contributed by atoms with E-state index in [0.29, 0.717) is 22.5 Å². The van der Waals surface area contributed by atoms with Crippen LogP contribution in [-0.2, 0) is 10.0 Å². The number of para-hydroxylation sites is 1. The molecule has 0 radical (unpaired) electrons. The molecule has 2 N–H and O–H groups in total. The Hall–Kier alpha value is -3.89. The number of sulfonamides is 1. The molecule has 0 aliphatic carbocycles. The first-order valence-corrected chi connectivity index (χ1v) is 12.1. The molecule has 4 aromatic rings. The Morgan fingerprint density at radius 3 is 2.21 bits per heavy atom. The van der Waals surface area contributed by atoms with Crippen molar-refractivity contribution in [3.05, 3.63) is 101 Å².